The summed E-state index contributed by atoms with van der Waals surface area (Å²) in [4.78, 5) is 27.2. The first kappa shape index (κ1) is 22.4. The van der Waals surface area contributed by atoms with E-state index in [0.717, 1.165) is 23.8 Å². The number of pyridine rings is 1. The lowest BCUT2D eigenvalue weighted by molar-refractivity contribution is 0.0687. The third-order valence-corrected chi connectivity index (χ3v) is 6.41. The minimum Gasteiger partial charge on any atom is -0.477 e. The maximum atomic E-state index is 14.6. The van der Waals surface area contributed by atoms with E-state index in [1.807, 2.05) is 13.0 Å². The fraction of sp³-hybridized carbons (Fsp3) is 0.130. The van der Waals surface area contributed by atoms with E-state index < -0.39 is 27.4 Å². The van der Waals surface area contributed by atoms with Crippen LogP contribution in [-0.2, 0) is 23.0 Å². The lowest BCUT2D eigenvalue weighted by Crippen LogP contribution is -2.15. The number of benzene rings is 2. The Morgan fingerprint density at radius 1 is 1.18 bits per heavy atom. The van der Waals surface area contributed by atoms with Gasteiger partial charge in [-0.2, -0.15) is 0 Å². The van der Waals surface area contributed by atoms with Gasteiger partial charge in [0.15, 0.2) is 0 Å². The number of H-pyrrole nitrogens is 1. The molecule has 2 aromatic carbocycles. The van der Waals surface area contributed by atoms with Gasteiger partial charge in [0.25, 0.3) is 5.56 Å². The Labute approximate surface area is 188 Å². The summed E-state index contributed by atoms with van der Waals surface area (Å²) in [6.45, 7) is 1.66. The molecule has 0 atom stereocenters. The topological polar surface area (TPSA) is 135 Å². The number of aromatic carboxylic acids is 1. The number of hydrogen-bond donors (Lipinski definition) is 3. The average Bonchev–Trinajstić information content (AvgIpc) is 3.08. The highest BCUT2D eigenvalue weighted by atomic mass is 32.2. The van der Waals surface area contributed by atoms with Gasteiger partial charge < -0.3 is 14.7 Å². The first-order chi connectivity index (χ1) is 15.6. The summed E-state index contributed by atoms with van der Waals surface area (Å²) in [5.41, 5.74) is 1.01. The van der Waals surface area contributed by atoms with E-state index in [1.165, 1.54) is 16.8 Å². The lowest BCUT2D eigenvalue weighted by Gasteiger charge is -2.11. The maximum absolute atomic E-state index is 14.6. The highest BCUT2D eigenvalue weighted by Gasteiger charge is 2.26. The van der Waals surface area contributed by atoms with Crippen molar-refractivity contribution >= 4 is 26.9 Å². The van der Waals surface area contributed by atoms with E-state index in [4.69, 9.17) is 5.14 Å². The standard InChI is InChI=1S/C23H20FN3O5S/c1-2-13-5-8-19-17(10-13)20(16-4-3-9-26-22(16)28)21(23(29)30)27(19)12-14-11-15(33(25,31)32)6-7-18(14)24/h3-11H,2,12H2,1H3,(H,26,28)(H,29,30)(H2,25,31,32). The second kappa shape index (κ2) is 8.30. The molecule has 2 heterocycles. The highest BCUT2D eigenvalue weighted by molar-refractivity contribution is 7.89. The Kier molecular flexibility index (Phi) is 5.64. The summed E-state index contributed by atoms with van der Waals surface area (Å²) >= 11 is 0. The first-order valence-electron chi connectivity index (χ1n) is 9.99. The van der Waals surface area contributed by atoms with Crippen LogP contribution in [-0.4, -0.2) is 29.0 Å². The molecule has 33 heavy (non-hydrogen) atoms. The van der Waals surface area contributed by atoms with Gasteiger partial charge in [0.05, 0.1) is 11.4 Å². The number of aryl methyl sites for hydroxylation is 1. The predicted octanol–water partition coefficient (Wildman–Crippen LogP) is 3.09. The van der Waals surface area contributed by atoms with E-state index in [0.29, 0.717) is 17.3 Å². The Hall–Kier alpha value is -3.76. The summed E-state index contributed by atoms with van der Waals surface area (Å²) in [5, 5.41) is 15.8. The summed E-state index contributed by atoms with van der Waals surface area (Å²) in [7, 11) is -4.09. The molecular weight excluding hydrogens is 449 g/mol. The number of carbonyl (C=O) groups is 1. The number of fused-ring (bicyclic) bond motifs is 1. The van der Waals surface area contributed by atoms with Crippen molar-refractivity contribution in [1.82, 2.24) is 9.55 Å². The van der Waals surface area contributed by atoms with E-state index >= 15 is 0 Å². The largest absolute Gasteiger partial charge is 0.477 e. The zero-order valence-corrected chi connectivity index (χ0v) is 18.3. The Morgan fingerprint density at radius 2 is 1.94 bits per heavy atom. The average molecular weight is 469 g/mol. The van der Waals surface area contributed by atoms with Crippen LogP contribution in [0.25, 0.3) is 22.0 Å². The van der Waals surface area contributed by atoms with E-state index in [2.05, 4.69) is 4.98 Å². The zero-order chi connectivity index (χ0) is 23.9. The molecule has 2 aromatic heterocycles. The molecule has 0 bridgehead atoms. The minimum atomic E-state index is -4.09. The molecule has 4 aromatic rings. The monoisotopic (exact) mass is 469 g/mol. The molecule has 8 nitrogen and oxygen atoms in total. The number of primary sulfonamides is 1. The lowest BCUT2D eigenvalue weighted by atomic mass is 10.0. The normalized spacial score (nSPS) is 11.7. The fourth-order valence-corrected chi connectivity index (χ4v) is 4.48. The van der Waals surface area contributed by atoms with Crippen LogP contribution < -0.4 is 10.7 Å². The Balaban J connectivity index is 2.06. The van der Waals surface area contributed by atoms with Crippen LogP contribution in [0.1, 0.15) is 28.5 Å². The smallest absolute Gasteiger partial charge is 0.353 e. The number of halogens is 1. The van der Waals surface area contributed by atoms with Gasteiger partial charge in [-0.1, -0.05) is 13.0 Å². The second-order valence-corrected chi connectivity index (χ2v) is 9.09. The number of rotatable bonds is 6. The molecule has 0 aliphatic heterocycles. The molecule has 0 aliphatic rings. The number of sulfonamides is 1. The SMILES string of the molecule is CCc1ccc2c(c1)c(-c1ccc[nH]c1=O)c(C(=O)O)n2Cc1cc(S(N)(=O)=O)ccc1F. The van der Waals surface area contributed by atoms with Gasteiger partial charge >= 0.3 is 5.97 Å². The number of aromatic nitrogens is 2. The molecule has 4 rings (SSSR count). The molecule has 4 N–H and O–H groups in total. The second-order valence-electron chi connectivity index (χ2n) is 7.53. The summed E-state index contributed by atoms with van der Waals surface area (Å²) < 4.78 is 39.5. The van der Waals surface area contributed by atoms with Gasteiger partial charge in [-0.3, -0.25) is 4.79 Å². The number of nitrogens with two attached hydrogens (primary N) is 1. The maximum Gasteiger partial charge on any atom is 0.353 e. The minimum absolute atomic E-state index is 0.0611. The quantitative estimate of drug-likeness (QED) is 0.399. The van der Waals surface area contributed by atoms with Crippen molar-refractivity contribution in [2.75, 3.05) is 0 Å². The van der Waals surface area contributed by atoms with Crippen molar-refractivity contribution < 1.29 is 22.7 Å². The molecule has 0 amide bonds. The van der Waals surface area contributed by atoms with Gasteiger partial charge in [-0.05, 0) is 54.4 Å². The molecule has 170 valence electrons. The number of nitrogens with zero attached hydrogens (tertiary/aromatic N) is 1. The Bertz CT molecular complexity index is 1570. The number of carboxylic acids is 1. The van der Waals surface area contributed by atoms with E-state index in [1.54, 1.807) is 18.2 Å². The molecule has 0 aliphatic carbocycles. The van der Waals surface area contributed by atoms with Crippen molar-refractivity contribution in [2.24, 2.45) is 5.14 Å². The predicted molar refractivity (Wildman–Crippen MR) is 121 cm³/mol. The van der Waals surface area contributed by atoms with Crippen molar-refractivity contribution in [2.45, 2.75) is 24.8 Å². The van der Waals surface area contributed by atoms with Crippen LogP contribution in [0.4, 0.5) is 4.39 Å². The van der Waals surface area contributed by atoms with E-state index in [-0.39, 0.29) is 33.8 Å². The third kappa shape index (κ3) is 4.06. The molecule has 0 spiro atoms. The van der Waals surface area contributed by atoms with Crippen LogP contribution in [0.3, 0.4) is 0 Å². The van der Waals surface area contributed by atoms with Crippen molar-refractivity contribution in [3.8, 4) is 11.1 Å². The number of carboxylic acid groups (broad SMARTS) is 1. The zero-order valence-electron chi connectivity index (χ0n) is 17.5. The summed E-state index contributed by atoms with van der Waals surface area (Å²) in [6, 6.07) is 11.5. The fourth-order valence-electron chi connectivity index (χ4n) is 3.92. The van der Waals surface area contributed by atoms with Crippen LogP contribution in [0.2, 0.25) is 0 Å². The Morgan fingerprint density at radius 3 is 2.58 bits per heavy atom. The molecule has 0 fully saturated rings. The van der Waals surface area contributed by atoms with Crippen molar-refractivity contribution in [3.05, 3.63) is 87.7 Å². The van der Waals surface area contributed by atoms with E-state index in [9.17, 15) is 27.5 Å². The number of nitrogens with one attached hydrogen (secondary N) is 1. The van der Waals surface area contributed by atoms with Gasteiger partial charge in [-0.15, -0.1) is 0 Å². The van der Waals surface area contributed by atoms with Crippen LogP contribution in [0.5, 0.6) is 0 Å². The third-order valence-electron chi connectivity index (χ3n) is 5.50. The van der Waals surface area contributed by atoms with Crippen molar-refractivity contribution in [3.63, 3.8) is 0 Å². The van der Waals surface area contributed by atoms with Gasteiger partial charge in [-0.25, -0.2) is 22.7 Å². The van der Waals surface area contributed by atoms with Crippen LogP contribution in [0.15, 0.2) is 64.4 Å². The molecule has 10 heteroatoms. The molecular formula is C23H20FN3O5S. The summed E-state index contributed by atoms with van der Waals surface area (Å²) in [6.07, 6.45) is 2.12. The first-order valence-corrected chi connectivity index (χ1v) is 11.5. The van der Waals surface area contributed by atoms with Gasteiger partial charge in [0.1, 0.15) is 11.5 Å². The van der Waals surface area contributed by atoms with Crippen LogP contribution >= 0.6 is 0 Å². The number of aromatic amines is 1. The van der Waals surface area contributed by atoms with Gasteiger partial charge in [0, 0.05) is 33.8 Å². The van der Waals surface area contributed by atoms with Crippen molar-refractivity contribution in [1.29, 1.82) is 0 Å². The van der Waals surface area contributed by atoms with Gasteiger partial charge in [0.2, 0.25) is 10.0 Å². The molecule has 0 radical (unpaired) electrons. The molecule has 0 saturated carbocycles. The molecule has 0 saturated heterocycles. The highest BCUT2D eigenvalue weighted by Crippen LogP contribution is 2.35. The molecule has 0 unspecified atom stereocenters. The number of hydrogen-bond acceptors (Lipinski definition) is 4. The summed E-state index contributed by atoms with van der Waals surface area (Å²) in [5.74, 6) is -2.03. The van der Waals surface area contributed by atoms with Crippen LogP contribution in [0, 0.1) is 5.82 Å².